The van der Waals surface area contributed by atoms with E-state index in [0.717, 1.165) is 5.01 Å². The number of hydrogen-bond donors (Lipinski definition) is 1. The largest absolute Gasteiger partial charge is 0.432 e. The second kappa shape index (κ2) is 6.36. The lowest BCUT2D eigenvalue weighted by atomic mass is 10.3. The summed E-state index contributed by atoms with van der Waals surface area (Å²) >= 11 is 13.2. The lowest BCUT2D eigenvalue weighted by Crippen LogP contribution is -2.04. The summed E-state index contributed by atoms with van der Waals surface area (Å²) in [4.78, 5) is 4.10. The van der Waals surface area contributed by atoms with Crippen LogP contribution in [0, 0.1) is 0 Å². The summed E-state index contributed by atoms with van der Waals surface area (Å²) in [5, 5.41) is 5.84. The smallest absolute Gasteiger partial charge is 0.387 e. The Morgan fingerprint density at radius 2 is 2.00 bits per heavy atom. The summed E-state index contributed by atoms with van der Waals surface area (Å²) < 4.78 is 28.6. The number of halogens is 4. The third-order valence-electron chi connectivity index (χ3n) is 2.13. The molecule has 2 rings (SSSR count). The van der Waals surface area contributed by atoms with Crippen LogP contribution < -0.4 is 10.1 Å². The Bertz CT molecular complexity index is 529. The SMILES string of the molecule is FC(F)Oc1c(Cl)cc(NCc2nccs2)cc1Cl. The van der Waals surface area contributed by atoms with E-state index in [1.807, 2.05) is 5.38 Å². The highest BCUT2D eigenvalue weighted by Gasteiger charge is 2.14. The molecule has 0 aliphatic rings. The summed E-state index contributed by atoms with van der Waals surface area (Å²) in [6, 6.07) is 2.94. The van der Waals surface area contributed by atoms with Crippen LogP contribution in [-0.2, 0) is 6.54 Å². The highest BCUT2D eigenvalue weighted by molar-refractivity contribution is 7.09. The zero-order valence-corrected chi connectivity index (χ0v) is 11.7. The number of hydrogen-bond acceptors (Lipinski definition) is 4. The van der Waals surface area contributed by atoms with Crippen molar-refractivity contribution in [3.63, 3.8) is 0 Å². The molecule has 0 unspecified atom stereocenters. The van der Waals surface area contributed by atoms with Gasteiger partial charge in [-0.05, 0) is 12.1 Å². The molecule has 0 fully saturated rings. The lowest BCUT2D eigenvalue weighted by Gasteiger charge is -2.11. The Labute approximate surface area is 122 Å². The predicted octanol–water partition coefficient (Wildman–Crippen LogP) is 4.66. The third-order valence-corrected chi connectivity index (χ3v) is 3.47. The monoisotopic (exact) mass is 324 g/mol. The zero-order valence-electron chi connectivity index (χ0n) is 9.37. The Morgan fingerprint density at radius 3 is 2.53 bits per heavy atom. The van der Waals surface area contributed by atoms with Crippen LogP contribution in [0.15, 0.2) is 23.7 Å². The highest BCUT2D eigenvalue weighted by atomic mass is 35.5. The molecular formula is C11H8Cl2F2N2OS. The minimum Gasteiger partial charge on any atom is -0.432 e. The molecule has 0 bridgehead atoms. The maximum absolute atomic E-state index is 12.2. The van der Waals surface area contributed by atoms with Crippen LogP contribution in [-0.4, -0.2) is 11.6 Å². The van der Waals surface area contributed by atoms with Crippen molar-refractivity contribution in [2.45, 2.75) is 13.2 Å². The number of nitrogens with zero attached hydrogens (tertiary/aromatic N) is 1. The van der Waals surface area contributed by atoms with Crippen molar-refractivity contribution in [3.05, 3.63) is 38.8 Å². The van der Waals surface area contributed by atoms with Gasteiger partial charge >= 0.3 is 6.61 Å². The quantitative estimate of drug-likeness (QED) is 0.868. The number of nitrogens with one attached hydrogen (secondary N) is 1. The van der Waals surface area contributed by atoms with Crippen LogP contribution in [0.3, 0.4) is 0 Å². The Morgan fingerprint density at radius 1 is 1.32 bits per heavy atom. The molecule has 8 heteroatoms. The van der Waals surface area contributed by atoms with Gasteiger partial charge in [-0.2, -0.15) is 8.78 Å². The number of thiazole rings is 1. The van der Waals surface area contributed by atoms with Crippen molar-refractivity contribution in [1.29, 1.82) is 0 Å². The fourth-order valence-electron chi connectivity index (χ4n) is 1.38. The number of anilines is 1. The molecular weight excluding hydrogens is 317 g/mol. The first-order valence-electron chi connectivity index (χ1n) is 5.12. The van der Waals surface area contributed by atoms with Gasteiger partial charge in [0, 0.05) is 17.3 Å². The van der Waals surface area contributed by atoms with Gasteiger partial charge < -0.3 is 10.1 Å². The summed E-state index contributed by atoms with van der Waals surface area (Å²) in [5.74, 6) is -0.224. The van der Waals surface area contributed by atoms with E-state index in [0.29, 0.717) is 12.2 Å². The zero-order chi connectivity index (χ0) is 13.8. The van der Waals surface area contributed by atoms with E-state index in [-0.39, 0.29) is 15.8 Å². The van der Waals surface area contributed by atoms with Crippen LogP contribution >= 0.6 is 34.5 Å². The molecule has 0 aliphatic heterocycles. The number of ether oxygens (including phenoxy) is 1. The van der Waals surface area contributed by atoms with Crippen molar-refractivity contribution in [2.24, 2.45) is 0 Å². The third kappa shape index (κ3) is 3.92. The van der Waals surface area contributed by atoms with E-state index in [4.69, 9.17) is 23.2 Å². The molecule has 0 atom stereocenters. The van der Waals surface area contributed by atoms with Gasteiger partial charge in [-0.25, -0.2) is 4.98 Å². The van der Waals surface area contributed by atoms with Gasteiger partial charge in [0.2, 0.25) is 0 Å². The molecule has 1 aromatic carbocycles. The minimum absolute atomic E-state index is 0.0226. The van der Waals surface area contributed by atoms with Gasteiger partial charge in [0.25, 0.3) is 0 Å². The van der Waals surface area contributed by atoms with E-state index in [1.165, 1.54) is 23.5 Å². The van der Waals surface area contributed by atoms with Crippen molar-refractivity contribution in [2.75, 3.05) is 5.32 Å². The molecule has 0 spiro atoms. The molecule has 0 radical (unpaired) electrons. The molecule has 1 aromatic heterocycles. The number of benzene rings is 1. The van der Waals surface area contributed by atoms with Crippen LogP contribution in [0.1, 0.15) is 5.01 Å². The summed E-state index contributed by atoms with van der Waals surface area (Å²) in [7, 11) is 0. The molecule has 19 heavy (non-hydrogen) atoms. The number of alkyl halides is 2. The van der Waals surface area contributed by atoms with Crippen LogP contribution in [0.2, 0.25) is 10.0 Å². The maximum Gasteiger partial charge on any atom is 0.387 e. The average Bonchev–Trinajstić information content (AvgIpc) is 2.84. The Hall–Kier alpha value is -1.11. The maximum atomic E-state index is 12.2. The molecule has 0 saturated heterocycles. The summed E-state index contributed by atoms with van der Waals surface area (Å²) in [5.41, 5.74) is 0.604. The number of rotatable bonds is 5. The average molecular weight is 325 g/mol. The van der Waals surface area contributed by atoms with Crippen molar-refractivity contribution < 1.29 is 13.5 Å². The van der Waals surface area contributed by atoms with Crippen LogP contribution in [0.25, 0.3) is 0 Å². The van der Waals surface area contributed by atoms with E-state index in [2.05, 4.69) is 15.0 Å². The molecule has 1 heterocycles. The second-order valence-electron chi connectivity index (χ2n) is 3.43. The van der Waals surface area contributed by atoms with Gasteiger partial charge in [-0.1, -0.05) is 23.2 Å². The fourth-order valence-corrected chi connectivity index (χ4v) is 2.51. The Kier molecular flexibility index (Phi) is 4.79. The molecule has 0 amide bonds. The molecule has 0 saturated carbocycles. The predicted molar refractivity (Wildman–Crippen MR) is 72.5 cm³/mol. The number of aromatic nitrogens is 1. The van der Waals surface area contributed by atoms with Crippen LogP contribution in [0.4, 0.5) is 14.5 Å². The van der Waals surface area contributed by atoms with E-state index < -0.39 is 6.61 Å². The van der Waals surface area contributed by atoms with Crippen LogP contribution in [0.5, 0.6) is 5.75 Å². The first-order valence-corrected chi connectivity index (χ1v) is 6.76. The van der Waals surface area contributed by atoms with E-state index in [1.54, 1.807) is 6.20 Å². The molecule has 3 nitrogen and oxygen atoms in total. The van der Waals surface area contributed by atoms with Gasteiger partial charge in [0.1, 0.15) is 5.01 Å². The van der Waals surface area contributed by atoms with Crippen molar-refractivity contribution in [3.8, 4) is 5.75 Å². The minimum atomic E-state index is -2.97. The molecule has 2 aromatic rings. The van der Waals surface area contributed by atoms with Gasteiger partial charge in [0.05, 0.1) is 16.6 Å². The van der Waals surface area contributed by atoms with Crippen molar-refractivity contribution >= 4 is 40.2 Å². The topological polar surface area (TPSA) is 34.1 Å². The van der Waals surface area contributed by atoms with Gasteiger partial charge in [-0.15, -0.1) is 11.3 Å². The van der Waals surface area contributed by atoms with E-state index >= 15 is 0 Å². The lowest BCUT2D eigenvalue weighted by molar-refractivity contribution is -0.0497. The molecule has 102 valence electrons. The van der Waals surface area contributed by atoms with Crippen molar-refractivity contribution in [1.82, 2.24) is 4.98 Å². The normalized spacial score (nSPS) is 10.8. The fraction of sp³-hybridized carbons (Fsp3) is 0.182. The standard InChI is InChI=1S/C11H8Cl2F2N2OS/c12-7-3-6(17-5-9-16-1-2-19-9)4-8(13)10(7)18-11(14)15/h1-4,11,17H,5H2. The first-order chi connectivity index (χ1) is 9.06. The summed E-state index contributed by atoms with van der Waals surface area (Å²) in [6.07, 6.45) is 1.70. The molecule has 0 aliphatic carbocycles. The first kappa shape index (κ1) is 14.3. The van der Waals surface area contributed by atoms with Gasteiger partial charge in [-0.3, -0.25) is 0 Å². The van der Waals surface area contributed by atoms with Gasteiger partial charge in [0.15, 0.2) is 5.75 Å². The summed E-state index contributed by atoms with van der Waals surface area (Å²) in [6.45, 7) is -2.47. The van der Waals surface area contributed by atoms with E-state index in [9.17, 15) is 8.78 Å². The Balaban J connectivity index is 2.10. The molecule has 1 N–H and O–H groups in total. The highest BCUT2D eigenvalue weighted by Crippen LogP contribution is 2.37. The second-order valence-corrected chi connectivity index (χ2v) is 5.22.